The summed E-state index contributed by atoms with van der Waals surface area (Å²) in [5.41, 5.74) is 3.20. The Bertz CT molecular complexity index is 1030. The third-order valence-electron chi connectivity index (χ3n) is 4.06. The molecule has 0 saturated heterocycles. The second-order valence-electron chi connectivity index (χ2n) is 5.79. The Balaban J connectivity index is 1.58. The van der Waals surface area contributed by atoms with E-state index in [0.29, 0.717) is 18.5 Å². The van der Waals surface area contributed by atoms with Crippen LogP contribution in [0.1, 0.15) is 16.2 Å². The molecular formula is C20H17N5O. The van der Waals surface area contributed by atoms with Gasteiger partial charge in [0.2, 0.25) is 0 Å². The lowest BCUT2D eigenvalue weighted by Gasteiger charge is -2.09. The van der Waals surface area contributed by atoms with Crippen LogP contribution in [-0.2, 0) is 6.42 Å². The van der Waals surface area contributed by atoms with E-state index in [4.69, 9.17) is 4.98 Å². The second-order valence-corrected chi connectivity index (χ2v) is 5.79. The van der Waals surface area contributed by atoms with E-state index in [-0.39, 0.29) is 5.91 Å². The lowest BCUT2D eigenvalue weighted by Crippen LogP contribution is -2.26. The van der Waals surface area contributed by atoms with Gasteiger partial charge < -0.3 is 5.32 Å². The van der Waals surface area contributed by atoms with Crippen molar-refractivity contribution in [2.75, 3.05) is 6.54 Å². The summed E-state index contributed by atoms with van der Waals surface area (Å²) in [7, 11) is 0. The molecule has 0 aliphatic heterocycles. The first-order valence-corrected chi connectivity index (χ1v) is 8.39. The van der Waals surface area contributed by atoms with Gasteiger partial charge in [0.15, 0.2) is 5.65 Å². The Labute approximate surface area is 150 Å². The van der Waals surface area contributed by atoms with Crippen molar-refractivity contribution in [1.82, 2.24) is 24.8 Å². The number of benzene rings is 1. The number of hydrogen-bond acceptors (Lipinski definition) is 4. The molecule has 0 aliphatic rings. The van der Waals surface area contributed by atoms with Crippen LogP contribution in [0, 0.1) is 0 Å². The Morgan fingerprint density at radius 2 is 1.85 bits per heavy atom. The van der Waals surface area contributed by atoms with E-state index in [1.807, 2.05) is 47.0 Å². The molecule has 3 aromatic heterocycles. The number of rotatable bonds is 5. The lowest BCUT2D eigenvalue weighted by atomic mass is 10.2. The number of carbonyl (C=O) groups is 1. The number of nitrogens with one attached hydrogen (secondary N) is 1. The second kappa shape index (κ2) is 7.14. The number of amides is 1. The normalized spacial score (nSPS) is 10.8. The zero-order chi connectivity index (χ0) is 17.8. The van der Waals surface area contributed by atoms with Crippen LogP contribution in [-0.4, -0.2) is 32.0 Å². The fourth-order valence-electron chi connectivity index (χ4n) is 2.86. The van der Waals surface area contributed by atoms with E-state index < -0.39 is 0 Å². The molecule has 1 aromatic carbocycles. The highest BCUT2D eigenvalue weighted by molar-refractivity contribution is 5.93. The molecular weight excluding hydrogens is 326 g/mol. The highest BCUT2D eigenvalue weighted by Gasteiger charge is 2.13. The van der Waals surface area contributed by atoms with Crippen LogP contribution in [0.4, 0.5) is 0 Å². The number of nitrogens with zero attached hydrogens (tertiary/aromatic N) is 4. The van der Waals surface area contributed by atoms with Gasteiger partial charge in [-0.3, -0.25) is 14.3 Å². The van der Waals surface area contributed by atoms with E-state index in [1.54, 1.807) is 30.7 Å². The molecule has 0 spiro atoms. The molecule has 1 amide bonds. The number of para-hydroxylation sites is 1. The van der Waals surface area contributed by atoms with Gasteiger partial charge in [0, 0.05) is 37.2 Å². The van der Waals surface area contributed by atoms with Crippen LogP contribution >= 0.6 is 0 Å². The Morgan fingerprint density at radius 1 is 1.00 bits per heavy atom. The maximum Gasteiger partial charge on any atom is 0.252 e. The summed E-state index contributed by atoms with van der Waals surface area (Å²) in [5, 5.41) is 2.92. The summed E-state index contributed by atoms with van der Waals surface area (Å²) in [6, 6.07) is 17.3. The van der Waals surface area contributed by atoms with Crippen molar-refractivity contribution in [3.8, 4) is 5.69 Å². The molecule has 4 rings (SSSR count). The topological polar surface area (TPSA) is 72.7 Å². The van der Waals surface area contributed by atoms with Crippen LogP contribution in [0.5, 0.6) is 0 Å². The molecule has 6 nitrogen and oxygen atoms in total. The van der Waals surface area contributed by atoms with E-state index >= 15 is 0 Å². The SMILES string of the molecule is O=C(NCCc1nc2cccnc2n1-c1ccccc1)c1cccnc1. The van der Waals surface area contributed by atoms with Gasteiger partial charge in [0.1, 0.15) is 11.3 Å². The number of fused-ring (bicyclic) bond motifs is 1. The van der Waals surface area contributed by atoms with Gasteiger partial charge >= 0.3 is 0 Å². The molecule has 4 aromatic rings. The molecule has 3 heterocycles. The fraction of sp³-hybridized carbons (Fsp3) is 0.100. The molecule has 0 saturated carbocycles. The van der Waals surface area contributed by atoms with Crippen LogP contribution in [0.25, 0.3) is 16.9 Å². The summed E-state index contributed by atoms with van der Waals surface area (Å²) in [6.07, 6.45) is 5.55. The smallest absolute Gasteiger partial charge is 0.252 e. The van der Waals surface area contributed by atoms with Gasteiger partial charge in [-0.05, 0) is 36.4 Å². The maximum atomic E-state index is 12.2. The predicted molar refractivity (Wildman–Crippen MR) is 99.1 cm³/mol. The van der Waals surface area contributed by atoms with Crippen molar-refractivity contribution in [3.63, 3.8) is 0 Å². The van der Waals surface area contributed by atoms with Crippen LogP contribution in [0.2, 0.25) is 0 Å². The molecule has 0 fully saturated rings. The summed E-state index contributed by atoms with van der Waals surface area (Å²) in [5.74, 6) is 0.718. The third-order valence-corrected chi connectivity index (χ3v) is 4.06. The molecule has 0 atom stereocenters. The van der Waals surface area contributed by atoms with Crippen LogP contribution in [0.3, 0.4) is 0 Å². The van der Waals surface area contributed by atoms with Gasteiger partial charge in [0.25, 0.3) is 5.91 Å². The standard InChI is InChI=1S/C20H17N5O/c26-20(15-6-4-11-21-14-15)23-13-10-18-24-17-9-5-12-22-19(17)25(18)16-7-2-1-3-8-16/h1-9,11-12,14H,10,13H2,(H,23,26). The number of imidazole rings is 1. The van der Waals surface area contributed by atoms with Gasteiger partial charge in [-0.25, -0.2) is 9.97 Å². The summed E-state index contributed by atoms with van der Waals surface area (Å²) >= 11 is 0. The average molecular weight is 343 g/mol. The lowest BCUT2D eigenvalue weighted by molar-refractivity contribution is 0.0953. The fourth-order valence-corrected chi connectivity index (χ4v) is 2.86. The van der Waals surface area contributed by atoms with Crippen molar-refractivity contribution < 1.29 is 4.79 Å². The van der Waals surface area contributed by atoms with Gasteiger partial charge in [-0.1, -0.05) is 18.2 Å². The van der Waals surface area contributed by atoms with E-state index in [2.05, 4.69) is 15.3 Å². The molecule has 0 radical (unpaired) electrons. The first-order chi connectivity index (χ1) is 12.8. The molecule has 0 unspecified atom stereocenters. The van der Waals surface area contributed by atoms with Crippen LogP contribution < -0.4 is 5.32 Å². The largest absolute Gasteiger partial charge is 0.352 e. The first-order valence-electron chi connectivity index (χ1n) is 8.39. The number of hydrogen-bond donors (Lipinski definition) is 1. The molecule has 6 heteroatoms. The van der Waals surface area contributed by atoms with Crippen molar-refractivity contribution >= 4 is 17.1 Å². The van der Waals surface area contributed by atoms with E-state index in [0.717, 1.165) is 22.7 Å². The number of aromatic nitrogens is 4. The van der Waals surface area contributed by atoms with E-state index in [9.17, 15) is 4.79 Å². The molecule has 1 N–H and O–H groups in total. The van der Waals surface area contributed by atoms with Gasteiger partial charge in [0.05, 0.1) is 5.56 Å². The molecule has 26 heavy (non-hydrogen) atoms. The van der Waals surface area contributed by atoms with Crippen molar-refractivity contribution in [2.45, 2.75) is 6.42 Å². The average Bonchev–Trinajstić information content (AvgIpc) is 3.07. The molecule has 0 aliphatic carbocycles. The number of carbonyl (C=O) groups excluding carboxylic acids is 1. The van der Waals surface area contributed by atoms with E-state index in [1.165, 1.54) is 0 Å². The highest BCUT2D eigenvalue weighted by atomic mass is 16.1. The minimum absolute atomic E-state index is 0.140. The monoisotopic (exact) mass is 343 g/mol. The van der Waals surface area contributed by atoms with Crippen molar-refractivity contribution in [3.05, 3.63) is 84.6 Å². The summed E-state index contributed by atoms with van der Waals surface area (Å²) in [4.78, 5) is 25.3. The van der Waals surface area contributed by atoms with Crippen molar-refractivity contribution in [1.29, 1.82) is 0 Å². The number of pyridine rings is 2. The predicted octanol–water partition coefficient (Wildman–Crippen LogP) is 2.79. The third kappa shape index (κ3) is 3.17. The zero-order valence-electron chi connectivity index (χ0n) is 14.0. The Kier molecular flexibility index (Phi) is 4.38. The summed E-state index contributed by atoms with van der Waals surface area (Å²) < 4.78 is 2.03. The molecule has 128 valence electrons. The van der Waals surface area contributed by atoms with Crippen molar-refractivity contribution in [2.24, 2.45) is 0 Å². The minimum Gasteiger partial charge on any atom is -0.352 e. The quantitative estimate of drug-likeness (QED) is 0.605. The van der Waals surface area contributed by atoms with Gasteiger partial charge in [-0.2, -0.15) is 0 Å². The molecule has 0 bridgehead atoms. The Hall–Kier alpha value is -3.54. The Morgan fingerprint density at radius 3 is 2.65 bits per heavy atom. The van der Waals surface area contributed by atoms with Gasteiger partial charge in [-0.15, -0.1) is 0 Å². The first kappa shape index (κ1) is 16.0. The zero-order valence-corrected chi connectivity index (χ0v) is 14.0. The van der Waals surface area contributed by atoms with Crippen LogP contribution in [0.15, 0.2) is 73.2 Å². The highest BCUT2D eigenvalue weighted by Crippen LogP contribution is 2.19. The minimum atomic E-state index is -0.140. The maximum absolute atomic E-state index is 12.2. The summed E-state index contributed by atoms with van der Waals surface area (Å²) in [6.45, 7) is 0.476.